The Balaban J connectivity index is 0.000000694. The molecule has 2 rings (SSSR count). The fraction of sp³-hybridized carbons (Fsp3) is 0.444. The van der Waals surface area contributed by atoms with Crippen molar-refractivity contribution < 1.29 is 34.8 Å². The van der Waals surface area contributed by atoms with Crippen LogP contribution in [-0.2, 0) is 9.59 Å². The molecule has 1 aliphatic heterocycles. The topological polar surface area (TPSA) is 152 Å². The number of carboxylic acids is 2. The summed E-state index contributed by atoms with van der Waals surface area (Å²) in [4.78, 5) is 39.3. The van der Waals surface area contributed by atoms with E-state index in [4.69, 9.17) is 14.9 Å². The van der Waals surface area contributed by atoms with Gasteiger partial charge < -0.3 is 30.2 Å². The molecule has 0 aliphatic carbocycles. The number of likely N-dealkylation sites (N-methyl/N-ethyl adjacent to an activating group) is 1. The number of hydrogen-bond donors (Lipinski definition) is 2. The lowest BCUT2D eigenvalue weighted by molar-refractivity contribution is -0.134. The van der Waals surface area contributed by atoms with E-state index in [2.05, 4.69) is 24.0 Å². The molecule has 0 spiro atoms. The van der Waals surface area contributed by atoms with Crippen LogP contribution in [0.2, 0.25) is 0 Å². The largest absolute Gasteiger partial charge is 0.478 e. The van der Waals surface area contributed by atoms with Crippen LogP contribution in [0, 0.1) is 0 Å². The maximum Gasteiger partial charge on any atom is 0.328 e. The summed E-state index contributed by atoms with van der Waals surface area (Å²) in [5.41, 5.74) is 0.556. The maximum atomic E-state index is 12.2. The van der Waals surface area contributed by atoms with Crippen molar-refractivity contribution in [3.05, 3.63) is 36.0 Å². The molecule has 4 N–H and O–H groups in total. The first-order valence-electron chi connectivity index (χ1n) is 8.36. The predicted molar refractivity (Wildman–Crippen MR) is 101 cm³/mol. The molecule has 1 aliphatic rings. The lowest BCUT2D eigenvalue weighted by Gasteiger charge is -2.20. The van der Waals surface area contributed by atoms with Crippen molar-refractivity contribution in [2.24, 2.45) is 0 Å². The van der Waals surface area contributed by atoms with Crippen molar-refractivity contribution in [2.45, 2.75) is 18.9 Å². The van der Waals surface area contributed by atoms with Crippen molar-refractivity contribution in [3.63, 3.8) is 0 Å². The molecule has 0 saturated heterocycles. The molecule has 1 unspecified atom stereocenters. The fourth-order valence-corrected chi connectivity index (χ4v) is 2.36. The Labute approximate surface area is 163 Å². The average Bonchev–Trinajstić information content (AvgIpc) is 2.71. The van der Waals surface area contributed by atoms with Gasteiger partial charge in [0.05, 0.1) is 6.54 Å². The highest BCUT2D eigenvalue weighted by Crippen LogP contribution is 2.23. The zero-order chi connectivity index (χ0) is 20.4. The fourth-order valence-electron chi connectivity index (χ4n) is 2.36. The Kier molecular flexibility index (Phi) is 11.1. The van der Waals surface area contributed by atoms with Crippen LogP contribution >= 0.6 is 0 Å². The van der Waals surface area contributed by atoms with Crippen LogP contribution in [0.15, 0.2) is 30.5 Å². The molecule has 0 radical (unpaired) electrons. The highest BCUT2D eigenvalue weighted by atomic mass is 16.5. The number of carbonyl (C=O) groups is 3. The van der Waals surface area contributed by atoms with Gasteiger partial charge in [0.2, 0.25) is 5.88 Å². The van der Waals surface area contributed by atoms with Crippen LogP contribution in [0.3, 0.4) is 0 Å². The molecule has 156 valence electrons. The standard InChI is InChI=1S/C14H21N3O2.C4H4O4.H2O/c1-16(2)9-5-6-11-10-17(3)14(18)12-7-4-8-15-13(12)19-11;5-3(6)1-2-4(7)8;/h4,7-8,11H,5-6,9-10H2,1-3H3;1-2H,(H,5,6)(H,7,8);1H2. The quantitative estimate of drug-likeness (QED) is 0.643. The Bertz CT molecular complexity index is 676. The number of amides is 1. The molecule has 1 amide bonds. The van der Waals surface area contributed by atoms with Crippen LogP contribution in [0.25, 0.3) is 0 Å². The number of fused-ring (bicyclic) bond motifs is 1. The SMILES string of the molecule is CN(C)CCCC1CN(C)C(=O)c2cccnc2O1.O.O=C(O)C=CC(=O)O. The van der Waals surface area contributed by atoms with E-state index in [1.54, 1.807) is 23.2 Å². The van der Waals surface area contributed by atoms with Gasteiger partial charge in [-0.2, -0.15) is 0 Å². The minimum atomic E-state index is -1.26. The number of pyridine rings is 1. The van der Waals surface area contributed by atoms with Crippen molar-refractivity contribution in [2.75, 3.05) is 34.2 Å². The third kappa shape index (κ3) is 9.10. The van der Waals surface area contributed by atoms with Gasteiger partial charge in [0.25, 0.3) is 5.91 Å². The van der Waals surface area contributed by atoms with Gasteiger partial charge in [-0.05, 0) is 45.6 Å². The van der Waals surface area contributed by atoms with E-state index in [1.807, 2.05) is 7.05 Å². The molecule has 1 aromatic rings. The lowest BCUT2D eigenvalue weighted by Crippen LogP contribution is -2.34. The summed E-state index contributed by atoms with van der Waals surface area (Å²) in [6.45, 7) is 1.63. The molecule has 1 aromatic heterocycles. The van der Waals surface area contributed by atoms with Gasteiger partial charge in [-0.3, -0.25) is 4.79 Å². The van der Waals surface area contributed by atoms with E-state index < -0.39 is 11.9 Å². The Morgan fingerprint density at radius 3 is 2.46 bits per heavy atom. The molecule has 28 heavy (non-hydrogen) atoms. The second-order valence-electron chi connectivity index (χ2n) is 6.24. The zero-order valence-corrected chi connectivity index (χ0v) is 16.2. The molecule has 10 heteroatoms. The van der Waals surface area contributed by atoms with Crippen LogP contribution < -0.4 is 4.74 Å². The number of ether oxygens (including phenoxy) is 1. The highest BCUT2D eigenvalue weighted by Gasteiger charge is 2.27. The summed E-state index contributed by atoms with van der Waals surface area (Å²) >= 11 is 0. The summed E-state index contributed by atoms with van der Waals surface area (Å²) in [5, 5.41) is 15.6. The predicted octanol–water partition coefficient (Wildman–Crippen LogP) is 0.144. The van der Waals surface area contributed by atoms with Gasteiger partial charge in [-0.25, -0.2) is 14.6 Å². The van der Waals surface area contributed by atoms with Gasteiger partial charge in [-0.1, -0.05) is 0 Å². The molecule has 0 aromatic carbocycles. The smallest absolute Gasteiger partial charge is 0.328 e. The Morgan fingerprint density at radius 2 is 1.93 bits per heavy atom. The summed E-state index contributed by atoms with van der Waals surface area (Å²) in [7, 11) is 5.92. The Hall–Kier alpha value is -2.98. The van der Waals surface area contributed by atoms with Crippen LogP contribution in [-0.4, -0.2) is 88.7 Å². The number of aliphatic carboxylic acids is 2. The molecular formula is C18H27N3O7. The summed E-state index contributed by atoms with van der Waals surface area (Å²) in [6.07, 6.45) is 4.76. The van der Waals surface area contributed by atoms with Gasteiger partial charge in [0.1, 0.15) is 11.7 Å². The van der Waals surface area contributed by atoms with Crippen LogP contribution in [0.4, 0.5) is 0 Å². The van der Waals surface area contributed by atoms with E-state index in [0.717, 1.165) is 19.4 Å². The first kappa shape index (κ1) is 25.0. The number of rotatable bonds is 6. The minimum Gasteiger partial charge on any atom is -0.478 e. The molecule has 2 heterocycles. The van der Waals surface area contributed by atoms with Crippen LogP contribution in [0.1, 0.15) is 23.2 Å². The van der Waals surface area contributed by atoms with Crippen molar-refractivity contribution >= 4 is 17.8 Å². The first-order valence-corrected chi connectivity index (χ1v) is 8.36. The van der Waals surface area contributed by atoms with Crippen molar-refractivity contribution in [1.29, 1.82) is 0 Å². The summed E-state index contributed by atoms with van der Waals surface area (Å²) in [6, 6.07) is 3.53. The second-order valence-corrected chi connectivity index (χ2v) is 6.24. The normalized spacial score (nSPS) is 15.6. The van der Waals surface area contributed by atoms with Gasteiger partial charge >= 0.3 is 11.9 Å². The van der Waals surface area contributed by atoms with E-state index >= 15 is 0 Å². The number of carbonyl (C=O) groups excluding carboxylic acids is 1. The molecule has 0 bridgehead atoms. The second kappa shape index (κ2) is 12.4. The van der Waals surface area contributed by atoms with E-state index in [0.29, 0.717) is 30.1 Å². The molecule has 0 saturated carbocycles. The minimum absolute atomic E-state index is 0. The number of carboxylic acid groups (broad SMARTS) is 2. The summed E-state index contributed by atoms with van der Waals surface area (Å²) in [5.74, 6) is -2.07. The van der Waals surface area contributed by atoms with E-state index in [1.165, 1.54) is 0 Å². The highest BCUT2D eigenvalue weighted by molar-refractivity contribution is 5.96. The third-order valence-corrected chi connectivity index (χ3v) is 3.60. The van der Waals surface area contributed by atoms with Crippen molar-refractivity contribution in [1.82, 2.24) is 14.8 Å². The first-order chi connectivity index (χ1) is 12.7. The molecule has 1 atom stereocenters. The molecular weight excluding hydrogens is 370 g/mol. The maximum absolute atomic E-state index is 12.2. The summed E-state index contributed by atoms with van der Waals surface area (Å²) < 4.78 is 5.89. The molecule has 0 fully saturated rings. The van der Waals surface area contributed by atoms with Crippen molar-refractivity contribution in [3.8, 4) is 5.88 Å². The van der Waals surface area contributed by atoms with Gasteiger partial charge in [0, 0.05) is 25.4 Å². The van der Waals surface area contributed by atoms with Crippen LogP contribution in [0.5, 0.6) is 5.88 Å². The van der Waals surface area contributed by atoms with E-state index in [9.17, 15) is 14.4 Å². The lowest BCUT2D eigenvalue weighted by atomic mass is 10.2. The number of nitrogens with zero attached hydrogens (tertiary/aromatic N) is 3. The van der Waals surface area contributed by atoms with Gasteiger partial charge in [-0.15, -0.1) is 0 Å². The monoisotopic (exact) mass is 397 g/mol. The molecule has 10 nitrogen and oxygen atoms in total. The Morgan fingerprint density at radius 1 is 1.32 bits per heavy atom. The van der Waals surface area contributed by atoms with E-state index in [-0.39, 0.29) is 17.5 Å². The zero-order valence-electron chi connectivity index (χ0n) is 16.2. The van der Waals surface area contributed by atoms with Gasteiger partial charge in [0.15, 0.2) is 0 Å². The number of aromatic nitrogens is 1. The average molecular weight is 397 g/mol. The third-order valence-electron chi connectivity index (χ3n) is 3.60. The number of hydrogen-bond acceptors (Lipinski definition) is 6.